The van der Waals surface area contributed by atoms with Gasteiger partial charge in [-0.2, -0.15) is 0 Å². The maximum absolute atomic E-state index is 5.79. The molecule has 0 amide bonds. The Bertz CT molecular complexity index is 512. The molecule has 0 radical (unpaired) electrons. The number of anilines is 1. The van der Waals surface area contributed by atoms with Crippen molar-refractivity contribution in [1.82, 2.24) is 9.97 Å². The number of benzene rings is 1. The first-order valence-corrected chi connectivity index (χ1v) is 5.50. The summed E-state index contributed by atoms with van der Waals surface area (Å²) in [5.74, 6) is 1.23. The summed E-state index contributed by atoms with van der Waals surface area (Å²) in [6.45, 7) is 3.98. The number of hydrogen-bond donors (Lipinski definition) is 1. The summed E-state index contributed by atoms with van der Waals surface area (Å²) in [6, 6.07) is 7.69. The second-order valence-electron chi connectivity index (χ2n) is 3.98. The van der Waals surface area contributed by atoms with Crippen LogP contribution in [0.1, 0.15) is 13.8 Å². The average molecular weight is 229 g/mol. The molecule has 0 fully saturated rings. The van der Waals surface area contributed by atoms with Gasteiger partial charge >= 0.3 is 0 Å². The van der Waals surface area contributed by atoms with Crippen LogP contribution in [0.4, 0.5) is 5.82 Å². The van der Waals surface area contributed by atoms with Crippen LogP contribution in [0.5, 0.6) is 5.75 Å². The molecule has 4 heteroatoms. The molecule has 17 heavy (non-hydrogen) atoms. The molecule has 0 aliphatic rings. The predicted molar refractivity (Wildman–Crippen MR) is 67.6 cm³/mol. The fourth-order valence-corrected chi connectivity index (χ4v) is 1.56. The van der Waals surface area contributed by atoms with Gasteiger partial charge in [0.2, 0.25) is 0 Å². The number of rotatable bonds is 3. The number of nitrogens with zero attached hydrogens (tertiary/aromatic N) is 2. The number of nitrogen functional groups attached to an aromatic ring is 1. The second-order valence-corrected chi connectivity index (χ2v) is 3.98. The van der Waals surface area contributed by atoms with Gasteiger partial charge in [-0.15, -0.1) is 0 Å². The van der Waals surface area contributed by atoms with E-state index in [-0.39, 0.29) is 6.10 Å². The van der Waals surface area contributed by atoms with E-state index in [2.05, 4.69) is 9.97 Å². The lowest BCUT2D eigenvalue weighted by Gasteiger charge is -2.11. The summed E-state index contributed by atoms with van der Waals surface area (Å²) in [5, 5.41) is 0. The quantitative estimate of drug-likeness (QED) is 0.878. The Morgan fingerprint density at radius 1 is 1.18 bits per heavy atom. The molecule has 1 aromatic carbocycles. The van der Waals surface area contributed by atoms with Crippen molar-refractivity contribution in [3.63, 3.8) is 0 Å². The van der Waals surface area contributed by atoms with Crippen molar-refractivity contribution < 1.29 is 4.74 Å². The second kappa shape index (κ2) is 4.82. The van der Waals surface area contributed by atoms with Crippen LogP contribution in [0, 0.1) is 0 Å². The first kappa shape index (κ1) is 11.4. The Hall–Kier alpha value is -2.10. The van der Waals surface area contributed by atoms with E-state index in [0.29, 0.717) is 11.5 Å². The van der Waals surface area contributed by atoms with E-state index in [4.69, 9.17) is 10.5 Å². The van der Waals surface area contributed by atoms with Crippen LogP contribution >= 0.6 is 0 Å². The zero-order valence-corrected chi connectivity index (χ0v) is 9.92. The highest BCUT2D eigenvalue weighted by atomic mass is 16.5. The molecule has 4 nitrogen and oxygen atoms in total. The van der Waals surface area contributed by atoms with Crippen LogP contribution in [-0.4, -0.2) is 16.1 Å². The maximum Gasteiger partial charge on any atom is 0.149 e. The van der Waals surface area contributed by atoms with E-state index >= 15 is 0 Å². The molecule has 0 aliphatic carbocycles. The number of ether oxygens (including phenoxy) is 1. The van der Waals surface area contributed by atoms with Crippen LogP contribution in [0.25, 0.3) is 11.3 Å². The van der Waals surface area contributed by atoms with Gasteiger partial charge in [0.15, 0.2) is 0 Å². The van der Waals surface area contributed by atoms with Crippen LogP contribution in [0.15, 0.2) is 36.7 Å². The smallest absolute Gasteiger partial charge is 0.149 e. The molecule has 0 atom stereocenters. The molecule has 0 aliphatic heterocycles. The monoisotopic (exact) mass is 229 g/mol. The van der Waals surface area contributed by atoms with E-state index in [1.54, 1.807) is 12.4 Å². The Morgan fingerprint density at radius 2 is 1.94 bits per heavy atom. The predicted octanol–water partition coefficient (Wildman–Crippen LogP) is 2.51. The van der Waals surface area contributed by atoms with Gasteiger partial charge in [-0.25, -0.2) is 4.98 Å². The summed E-state index contributed by atoms with van der Waals surface area (Å²) >= 11 is 0. The van der Waals surface area contributed by atoms with Gasteiger partial charge in [-0.1, -0.05) is 12.1 Å². The lowest BCUT2D eigenvalue weighted by Crippen LogP contribution is -2.05. The fraction of sp³-hybridized carbons (Fsp3) is 0.231. The zero-order valence-electron chi connectivity index (χ0n) is 9.92. The molecule has 0 unspecified atom stereocenters. The molecule has 1 aromatic heterocycles. The van der Waals surface area contributed by atoms with Gasteiger partial charge in [0.25, 0.3) is 0 Å². The van der Waals surface area contributed by atoms with Crippen molar-refractivity contribution >= 4 is 5.82 Å². The lowest BCUT2D eigenvalue weighted by atomic mass is 10.1. The van der Waals surface area contributed by atoms with Crippen LogP contribution in [0.3, 0.4) is 0 Å². The van der Waals surface area contributed by atoms with Crippen molar-refractivity contribution in [3.05, 3.63) is 36.7 Å². The van der Waals surface area contributed by atoms with Crippen LogP contribution in [0.2, 0.25) is 0 Å². The number of hydrogen-bond acceptors (Lipinski definition) is 4. The van der Waals surface area contributed by atoms with Gasteiger partial charge in [0.05, 0.1) is 6.10 Å². The van der Waals surface area contributed by atoms with Crippen LogP contribution < -0.4 is 10.5 Å². The number of aromatic nitrogens is 2. The molecule has 2 rings (SSSR count). The highest BCUT2D eigenvalue weighted by Gasteiger charge is 2.06. The third kappa shape index (κ3) is 2.72. The third-order valence-corrected chi connectivity index (χ3v) is 2.21. The van der Waals surface area contributed by atoms with Crippen molar-refractivity contribution in [2.75, 3.05) is 5.73 Å². The van der Waals surface area contributed by atoms with Gasteiger partial charge in [0, 0.05) is 18.0 Å². The van der Waals surface area contributed by atoms with E-state index in [9.17, 15) is 0 Å². The largest absolute Gasteiger partial charge is 0.491 e. The van der Waals surface area contributed by atoms with E-state index in [1.165, 1.54) is 0 Å². The first-order valence-electron chi connectivity index (χ1n) is 5.50. The van der Waals surface area contributed by atoms with Crippen molar-refractivity contribution in [2.45, 2.75) is 20.0 Å². The highest BCUT2D eigenvalue weighted by Crippen LogP contribution is 2.25. The van der Waals surface area contributed by atoms with Crippen molar-refractivity contribution in [1.29, 1.82) is 0 Å². The molecule has 1 heterocycles. The molecular formula is C13H15N3O. The molecule has 0 spiro atoms. The summed E-state index contributed by atoms with van der Waals surface area (Å²) < 4.78 is 5.63. The molecule has 0 bridgehead atoms. The molecule has 88 valence electrons. The van der Waals surface area contributed by atoms with Gasteiger partial charge < -0.3 is 10.5 Å². The molecular weight excluding hydrogens is 214 g/mol. The summed E-state index contributed by atoms with van der Waals surface area (Å²) in [7, 11) is 0. The van der Waals surface area contributed by atoms with E-state index < -0.39 is 0 Å². The Morgan fingerprint density at radius 3 is 2.65 bits per heavy atom. The molecule has 2 N–H and O–H groups in total. The van der Waals surface area contributed by atoms with Crippen molar-refractivity contribution in [3.8, 4) is 17.0 Å². The Balaban J connectivity index is 2.37. The first-order chi connectivity index (χ1) is 8.16. The number of nitrogens with two attached hydrogens (primary N) is 1. The summed E-state index contributed by atoms with van der Waals surface area (Å²) in [5.41, 5.74) is 7.38. The van der Waals surface area contributed by atoms with Gasteiger partial charge in [0.1, 0.15) is 17.3 Å². The average Bonchev–Trinajstić information content (AvgIpc) is 2.29. The van der Waals surface area contributed by atoms with E-state index in [1.807, 2.05) is 38.1 Å². The maximum atomic E-state index is 5.79. The zero-order chi connectivity index (χ0) is 12.3. The van der Waals surface area contributed by atoms with E-state index in [0.717, 1.165) is 11.3 Å². The Kier molecular flexibility index (Phi) is 3.23. The van der Waals surface area contributed by atoms with Gasteiger partial charge in [-0.05, 0) is 26.0 Å². The summed E-state index contributed by atoms with van der Waals surface area (Å²) in [6.07, 6.45) is 3.35. The lowest BCUT2D eigenvalue weighted by molar-refractivity contribution is 0.242. The highest BCUT2D eigenvalue weighted by molar-refractivity contribution is 5.70. The topological polar surface area (TPSA) is 61.0 Å². The molecule has 2 aromatic rings. The minimum Gasteiger partial charge on any atom is -0.491 e. The molecule has 0 saturated carbocycles. The normalized spacial score (nSPS) is 10.5. The minimum absolute atomic E-state index is 0.143. The third-order valence-electron chi connectivity index (χ3n) is 2.21. The van der Waals surface area contributed by atoms with Gasteiger partial charge in [-0.3, -0.25) is 4.98 Å². The standard InChI is InChI=1S/C13H15N3O/c1-9(2)17-11-5-3-4-10(8-11)12-13(14)16-7-6-15-12/h3-9H,1-2H3,(H2,14,16). The van der Waals surface area contributed by atoms with Crippen molar-refractivity contribution in [2.24, 2.45) is 0 Å². The minimum atomic E-state index is 0.143. The SMILES string of the molecule is CC(C)Oc1cccc(-c2nccnc2N)c1. The fourth-order valence-electron chi connectivity index (χ4n) is 1.56. The van der Waals surface area contributed by atoms with Crippen LogP contribution in [-0.2, 0) is 0 Å². The Labute approximate surface area is 100 Å². The molecule has 0 saturated heterocycles. The summed E-state index contributed by atoms with van der Waals surface area (Å²) in [4.78, 5) is 8.25.